The molecule has 8 nitrogen and oxygen atoms in total. The summed E-state index contributed by atoms with van der Waals surface area (Å²) in [5, 5.41) is 12.0. The van der Waals surface area contributed by atoms with Crippen molar-refractivity contribution in [1.82, 2.24) is 25.0 Å². The molecule has 0 aliphatic heterocycles. The van der Waals surface area contributed by atoms with Crippen molar-refractivity contribution in [3.05, 3.63) is 50.9 Å². The topological polar surface area (TPSA) is 90.2 Å². The minimum absolute atomic E-state index is 0.198. The Morgan fingerprint density at radius 3 is 2.58 bits per heavy atom. The monoisotopic (exact) mass is 421 g/mol. The summed E-state index contributed by atoms with van der Waals surface area (Å²) in [6, 6.07) is 3.49. The van der Waals surface area contributed by atoms with Crippen LogP contribution >= 0.6 is 15.9 Å². The quantitative estimate of drug-likeness (QED) is 0.606. The Hall–Kier alpha value is -2.42. The summed E-state index contributed by atoms with van der Waals surface area (Å²) in [4.78, 5) is 14.4. The highest BCUT2D eigenvalue weighted by Gasteiger charge is 2.21. The van der Waals surface area contributed by atoms with E-state index < -0.39 is 0 Å². The van der Waals surface area contributed by atoms with Crippen LogP contribution in [0, 0.1) is 20.8 Å². The summed E-state index contributed by atoms with van der Waals surface area (Å²) >= 11 is 3.51. The minimum atomic E-state index is -0.198. The maximum Gasteiger partial charge on any atom is 0.289 e. The van der Waals surface area contributed by atoms with E-state index in [9.17, 15) is 4.79 Å². The molecule has 0 atom stereocenters. The fourth-order valence-corrected chi connectivity index (χ4v) is 2.90. The van der Waals surface area contributed by atoms with Crippen LogP contribution in [0.1, 0.15) is 46.0 Å². The van der Waals surface area contributed by atoms with E-state index >= 15 is 0 Å². The van der Waals surface area contributed by atoms with Gasteiger partial charge in [0.25, 0.3) is 5.91 Å². The molecule has 0 unspecified atom stereocenters. The van der Waals surface area contributed by atoms with Gasteiger partial charge in [0.2, 0.25) is 0 Å². The fraction of sp³-hybridized carbons (Fsp3) is 0.412. The van der Waals surface area contributed by atoms with Crippen LogP contribution in [0.3, 0.4) is 0 Å². The summed E-state index contributed by atoms with van der Waals surface area (Å²) in [5.74, 6) is 0.758. The van der Waals surface area contributed by atoms with E-state index in [1.165, 1.54) is 0 Å². The Morgan fingerprint density at radius 2 is 2.00 bits per heavy atom. The van der Waals surface area contributed by atoms with E-state index in [1.54, 1.807) is 24.0 Å². The number of rotatable bonds is 6. The Kier molecular flexibility index (Phi) is 5.26. The van der Waals surface area contributed by atoms with Crippen LogP contribution in [0.25, 0.3) is 0 Å². The van der Waals surface area contributed by atoms with Crippen LogP contribution in [0.5, 0.6) is 0 Å². The molecule has 3 aromatic heterocycles. The molecule has 0 aliphatic rings. The number of carbonyl (C=O) groups excluding carboxylic acids is 1. The number of hydrogen-bond donors (Lipinski definition) is 0. The highest BCUT2D eigenvalue weighted by molar-refractivity contribution is 9.10. The molecular weight excluding hydrogens is 402 g/mol. The molecule has 9 heteroatoms. The van der Waals surface area contributed by atoms with E-state index in [1.807, 2.05) is 25.5 Å². The van der Waals surface area contributed by atoms with Crippen molar-refractivity contribution in [3.8, 4) is 0 Å². The molecule has 0 fully saturated rings. The lowest BCUT2D eigenvalue weighted by atomic mass is 10.3. The SMILES string of the molecule is CCN(Cc1nonc1C)C(=O)c1ccc(Cn2nc(C)c(Br)c2C)o1. The Morgan fingerprint density at radius 1 is 1.23 bits per heavy atom. The number of furan rings is 1. The van der Waals surface area contributed by atoms with Crippen LogP contribution < -0.4 is 0 Å². The van der Waals surface area contributed by atoms with Gasteiger partial charge in [-0.1, -0.05) is 10.3 Å². The van der Waals surface area contributed by atoms with Crippen molar-refractivity contribution >= 4 is 21.8 Å². The average molecular weight is 422 g/mol. The molecule has 26 heavy (non-hydrogen) atoms. The fourth-order valence-electron chi connectivity index (χ4n) is 2.61. The maximum absolute atomic E-state index is 12.7. The first-order valence-electron chi connectivity index (χ1n) is 8.26. The second kappa shape index (κ2) is 7.45. The molecule has 0 aromatic carbocycles. The first-order chi connectivity index (χ1) is 12.4. The molecule has 0 saturated carbocycles. The zero-order valence-electron chi connectivity index (χ0n) is 15.1. The first kappa shape index (κ1) is 18.4. The van der Waals surface area contributed by atoms with Crippen LogP contribution in [-0.4, -0.2) is 37.4 Å². The molecule has 138 valence electrons. The van der Waals surface area contributed by atoms with E-state index in [2.05, 4.69) is 31.3 Å². The largest absolute Gasteiger partial charge is 0.454 e. The maximum atomic E-state index is 12.7. The van der Waals surface area contributed by atoms with E-state index in [0.29, 0.717) is 36.8 Å². The predicted octanol–water partition coefficient (Wildman–Crippen LogP) is 3.26. The highest BCUT2D eigenvalue weighted by Crippen LogP contribution is 2.21. The second-order valence-electron chi connectivity index (χ2n) is 6.02. The van der Waals surface area contributed by atoms with Gasteiger partial charge in [-0.2, -0.15) is 5.10 Å². The van der Waals surface area contributed by atoms with Crippen molar-refractivity contribution in [2.24, 2.45) is 0 Å². The molecule has 3 rings (SSSR count). The van der Waals surface area contributed by atoms with Gasteiger partial charge in [0.1, 0.15) is 17.1 Å². The average Bonchev–Trinajstić information content (AvgIpc) is 3.31. The molecular formula is C17H20BrN5O3. The van der Waals surface area contributed by atoms with Gasteiger partial charge in [0.15, 0.2) is 5.76 Å². The second-order valence-corrected chi connectivity index (χ2v) is 6.82. The third-order valence-electron chi connectivity index (χ3n) is 4.23. The molecule has 0 radical (unpaired) electrons. The third kappa shape index (κ3) is 3.57. The number of hydrogen-bond acceptors (Lipinski definition) is 6. The van der Waals surface area contributed by atoms with Gasteiger partial charge in [-0.15, -0.1) is 0 Å². The molecule has 3 aromatic rings. The molecule has 0 saturated heterocycles. The van der Waals surface area contributed by atoms with E-state index in [4.69, 9.17) is 9.05 Å². The molecule has 3 heterocycles. The van der Waals surface area contributed by atoms with Gasteiger partial charge >= 0.3 is 0 Å². The van der Waals surface area contributed by atoms with E-state index in [0.717, 1.165) is 15.9 Å². The summed E-state index contributed by atoms with van der Waals surface area (Å²) < 4.78 is 13.3. The first-order valence-corrected chi connectivity index (χ1v) is 9.05. The van der Waals surface area contributed by atoms with Crippen molar-refractivity contribution in [1.29, 1.82) is 0 Å². The predicted molar refractivity (Wildman–Crippen MR) is 96.7 cm³/mol. The Balaban J connectivity index is 1.74. The number of nitrogens with zero attached hydrogens (tertiary/aromatic N) is 5. The van der Waals surface area contributed by atoms with Crippen molar-refractivity contribution in [3.63, 3.8) is 0 Å². The number of aromatic nitrogens is 4. The zero-order valence-corrected chi connectivity index (χ0v) is 16.7. The van der Waals surface area contributed by atoms with Crippen LogP contribution in [0.4, 0.5) is 0 Å². The van der Waals surface area contributed by atoms with Crippen LogP contribution in [-0.2, 0) is 13.1 Å². The van der Waals surface area contributed by atoms with Crippen LogP contribution in [0.2, 0.25) is 0 Å². The van der Waals surface area contributed by atoms with Gasteiger partial charge in [-0.05, 0) is 55.8 Å². The summed E-state index contributed by atoms with van der Waals surface area (Å²) in [5.41, 5.74) is 3.24. The summed E-state index contributed by atoms with van der Waals surface area (Å²) in [6.07, 6.45) is 0. The number of aryl methyl sites for hydroxylation is 2. The van der Waals surface area contributed by atoms with E-state index in [-0.39, 0.29) is 11.7 Å². The van der Waals surface area contributed by atoms with Crippen molar-refractivity contribution < 1.29 is 13.8 Å². The van der Waals surface area contributed by atoms with Crippen LogP contribution in [0.15, 0.2) is 25.7 Å². The third-order valence-corrected chi connectivity index (χ3v) is 5.37. The van der Waals surface area contributed by atoms with Crippen molar-refractivity contribution in [2.45, 2.75) is 40.8 Å². The standard InChI is InChI=1S/C17H20BrN5O3/c1-5-22(9-14-10(2)20-26-21-14)17(24)15-7-6-13(25-15)8-23-12(4)16(18)11(3)19-23/h6-7H,5,8-9H2,1-4H3. The molecule has 1 amide bonds. The minimum Gasteiger partial charge on any atom is -0.454 e. The Labute approximate surface area is 159 Å². The van der Waals surface area contributed by atoms with Gasteiger partial charge in [-0.3, -0.25) is 9.48 Å². The van der Waals surface area contributed by atoms with Gasteiger partial charge in [-0.25, -0.2) is 4.63 Å². The normalized spacial score (nSPS) is 11.1. The zero-order chi connectivity index (χ0) is 18.8. The highest BCUT2D eigenvalue weighted by atomic mass is 79.9. The molecule has 0 bridgehead atoms. The van der Waals surface area contributed by atoms with Gasteiger partial charge < -0.3 is 9.32 Å². The lowest BCUT2D eigenvalue weighted by Gasteiger charge is -2.18. The molecule has 0 spiro atoms. The number of amides is 1. The smallest absolute Gasteiger partial charge is 0.289 e. The molecule has 0 aliphatic carbocycles. The molecule has 0 N–H and O–H groups in total. The summed E-state index contributed by atoms with van der Waals surface area (Å²) in [6.45, 7) is 8.91. The van der Waals surface area contributed by atoms with Gasteiger partial charge in [0, 0.05) is 6.54 Å². The lowest BCUT2D eigenvalue weighted by Crippen LogP contribution is -2.30. The lowest BCUT2D eigenvalue weighted by molar-refractivity contribution is 0.0714. The Bertz CT molecular complexity index is 927. The van der Waals surface area contributed by atoms with Gasteiger partial charge in [0.05, 0.1) is 29.0 Å². The number of carbonyl (C=O) groups is 1. The van der Waals surface area contributed by atoms with Crippen molar-refractivity contribution in [2.75, 3.05) is 6.54 Å². The summed E-state index contributed by atoms with van der Waals surface area (Å²) in [7, 11) is 0. The number of halogens is 1.